The Morgan fingerprint density at radius 2 is 1.69 bits per heavy atom. The molecule has 0 saturated carbocycles. The number of aliphatic hydroxyl groups is 1. The number of benzene rings is 3. The molecule has 0 bridgehead atoms. The number of hydrogen-bond acceptors (Lipinski definition) is 5. The van der Waals surface area contributed by atoms with Crippen molar-refractivity contribution in [1.82, 2.24) is 24.5 Å². The van der Waals surface area contributed by atoms with Gasteiger partial charge in [-0.2, -0.15) is 10.2 Å². The predicted molar refractivity (Wildman–Crippen MR) is 124 cm³/mol. The first-order valence-corrected chi connectivity index (χ1v) is 10.9. The van der Waals surface area contributed by atoms with E-state index < -0.39 is 28.9 Å². The van der Waals surface area contributed by atoms with Crippen LogP contribution >= 0.6 is 0 Å². The van der Waals surface area contributed by atoms with Crippen molar-refractivity contribution in [1.29, 1.82) is 0 Å². The van der Waals surface area contributed by atoms with Gasteiger partial charge in [0.25, 0.3) is 0 Å². The first-order chi connectivity index (χ1) is 17.3. The van der Waals surface area contributed by atoms with Gasteiger partial charge < -0.3 is 10.4 Å². The molecule has 0 fully saturated rings. The van der Waals surface area contributed by atoms with Gasteiger partial charge in [0.2, 0.25) is 0 Å². The van der Waals surface area contributed by atoms with E-state index in [4.69, 9.17) is 0 Å². The van der Waals surface area contributed by atoms with Crippen molar-refractivity contribution in [3.05, 3.63) is 108 Å². The molecule has 1 unspecified atom stereocenters. The SMILES string of the molecule is OC(Cn1cncn1)(Cn1ncc2ccc(NCc3c(F)cccc3F)cc21)c1ccc(F)cc1F. The Balaban J connectivity index is 1.47. The largest absolute Gasteiger partial charge is 0.381 e. The molecule has 0 aliphatic carbocycles. The lowest BCUT2D eigenvalue weighted by Crippen LogP contribution is -2.37. The second kappa shape index (κ2) is 9.42. The summed E-state index contributed by atoms with van der Waals surface area (Å²) in [7, 11) is 0. The van der Waals surface area contributed by atoms with Gasteiger partial charge in [-0.15, -0.1) is 0 Å². The van der Waals surface area contributed by atoms with E-state index in [-0.39, 0.29) is 30.8 Å². The van der Waals surface area contributed by atoms with Crippen molar-refractivity contribution in [2.45, 2.75) is 25.2 Å². The van der Waals surface area contributed by atoms with Crippen LogP contribution in [0.2, 0.25) is 0 Å². The van der Waals surface area contributed by atoms with Gasteiger partial charge >= 0.3 is 0 Å². The summed E-state index contributed by atoms with van der Waals surface area (Å²) in [6, 6.07) is 11.8. The van der Waals surface area contributed by atoms with Crippen molar-refractivity contribution >= 4 is 16.6 Å². The number of hydrogen-bond donors (Lipinski definition) is 2. The fraction of sp³-hybridized carbons (Fsp3) is 0.160. The zero-order valence-electron chi connectivity index (χ0n) is 18.7. The second-order valence-electron chi connectivity index (χ2n) is 8.38. The van der Waals surface area contributed by atoms with E-state index in [1.165, 1.54) is 46.3 Å². The Morgan fingerprint density at radius 1 is 0.889 bits per heavy atom. The number of halogens is 4. The zero-order valence-corrected chi connectivity index (χ0v) is 18.7. The minimum Gasteiger partial charge on any atom is -0.381 e. The highest BCUT2D eigenvalue weighted by Crippen LogP contribution is 2.30. The fourth-order valence-corrected chi connectivity index (χ4v) is 4.12. The highest BCUT2D eigenvalue weighted by Gasteiger charge is 2.35. The quantitative estimate of drug-likeness (QED) is 0.312. The van der Waals surface area contributed by atoms with Crippen molar-refractivity contribution in [3.8, 4) is 0 Å². The monoisotopic (exact) mass is 496 g/mol. The van der Waals surface area contributed by atoms with Crippen LogP contribution in [0, 0.1) is 23.3 Å². The Bertz CT molecular complexity index is 1500. The molecule has 2 heterocycles. The van der Waals surface area contributed by atoms with Crippen LogP contribution in [0.3, 0.4) is 0 Å². The maximum Gasteiger partial charge on any atom is 0.137 e. The smallest absolute Gasteiger partial charge is 0.137 e. The fourth-order valence-electron chi connectivity index (χ4n) is 4.12. The predicted octanol–water partition coefficient (Wildman–Crippen LogP) is 4.38. The molecule has 5 rings (SSSR count). The van der Waals surface area contributed by atoms with Gasteiger partial charge in [0.1, 0.15) is 41.5 Å². The second-order valence-corrected chi connectivity index (χ2v) is 8.38. The third-order valence-electron chi connectivity index (χ3n) is 5.91. The molecule has 0 aliphatic heterocycles. The highest BCUT2D eigenvalue weighted by molar-refractivity contribution is 5.82. The van der Waals surface area contributed by atoms with Crippen LogP contribution in [-0.4, -0.2) is 29.7 Å². The van der Waals surface area contributed by atoms with Gasteiger partial charge in [-0.3, -0.25) is 4.68 Å². The summed E-state index contributed by atoms with van der Waals surface area (Å²) in [5.41, 5.74) is -0.967. The number of rotatable bonds is 8. The van der Waals surface area contributed by atoms with Crippen molar-refractivity contribution in [3.63, 3.8) is 0 Å². The molecule has 0 aliphatic rings. The average molecular weight is 496 g/mol. The minimum atomic E-state index is -1.87. The topological polar surface area (TPSA) is 80.8 Å². The summed E-state index contributed by atoms with van der Waals surface area (Å²) in [6.07, 6.45) is 4.23. The number of nitrogens with one attached hydrogen (secondary N) is 1. The summed E-state index contributed by atoms with van der Waals surface area (Å²) >= 11 is 0. The molecule has 36 heavy (non-hydrogen) atoms. The number of aromatic nitrogens is 5. The lowest BCUT2D eigenvalue weighted by atomic mass is 9.92. The van der Waals surface area contributed by atoms with Crippen LogP contribution in [0.15, 0.2) is 73.4 Å². The highest BCUT2D eigenvalue weighted by atomic mass is 19.1. The van der Waals surface area contributed by atoms with E-state index in [0.29, 0.717) is 17.3 Å². The summed E-state index contributed by atoms with van der Waals surface area (Å²) in [4.78, 5) is 3.86. The van der Waals surface area contributed by atoms with Crippen LogP contribution in [0.1, 0.15) is 11.1 Å². The van der Waals surface area contributed by atoms with E-state index in [1.54, 1.807) is 24.4 Å². The van der Waals surface area contributed by atoms with E-state index in [1.807, 2.05) is 0 Å². The Labute approximate surface area is 202 Å². The molecule has 2 aromatic heterocycles. The zero-order chi connectivity index (χ0) is 25.3. The maximum absolute atomic E-state index is 14.8. The van der Waals surface area contributed by atoms with Crippen LogP contribution in [-0.2, 0) is 25.2 Å². The molecule has 5 aromatic rings. The molecule has 0 spiro atoms. The Kier molecular flexibility index (Phi) is 6.15. The molecule has 0 radical (unpaired) electrons. The van der Waals surface area contributed by atoms with Gasteiger partial charge in [-0.25, -0.2) is 27.2 Å². The standard InChI is InChI=1S/C25H20F4N6O/c26-17-5-7-20(23(29)8-17)25(36,12-34-15-30-14-33-34)13-35-24-9-18(6-4-16(24)10-32-35)31-11-19-21(27)2-1-3-22(19)28/h1-10,14-15,31,36H,11-13H2. The van der Waals surface area contributed by atoms with Gasteiger partial charge in [0, 0.05) is 34.8 Å². The third-order valence-corrected chi connectivity index (χ3v) is 5.91. The van der Waals surface area contributed by atoms with E-state index in [9.17, 15) is 22.7 Å². The molecule has 0 saturated heterocycles. The van der Waals surface area contributed by atoms with E-state index in [0.717, 1.165) is 11.5 Å². The summed E-state index contributed by atoms with van der Waals surface area (Å²) < 4.78 is 59.1. The normalized spacial score (nSPS) is 13.1. The van der Waals surface area contributed by atoms with Crippen molar-refractivity contribution in [2.75, 3.05) is 5.32 Å². The van der Waals surface area contributed by atoms with Crippen molar-refractivity contribution in [2.24, 2.45) is 0 Å². The van der Waals surface area contributed by atoms with E-state index >= 15 is 0 Å². The van der Waals surface area contributed by atoms with Crippen LogP contribution in [0.25, 0.3) is 10.9 Å². The lowest BCUT2D eigenvalue weighted by molar-refractivity contribution is -0.00734. The van der Waals surface area contributed by atoms with Gasteiger partial charge in [0.15, 0.2) is 0 Å². The third kappa shape index (κ3) is 4.65. The summed E-state index contributed by atoms with van der Waals surface area (Å²) in [5.74, 6) is -3.00. The van der Waals surface area contributed by atoms with Crippen LogP contribution in [0.4, 0.5) is 23.2 Å². The molecular weight excluding hydrogens is 476 g/mol. The molecule has 1 atom stereocenters. The van der Waals surface area contributed by atoms with Crippen LogP contribution in [0.5, 0.6) is 0 Å². The first-order valence-electron chi connectivity index (χ1n) is 10.9. The Hall–Kier alpha value is -4.25. The van der Waals surface area contributed by atoms with E-state index in [2.05, 4.69) is 20.5 Å². The van der Waals surface area contributed by atoms with Crippen molar-refractivity contribution < 1.29 is 22.7 Å². The van der Waals surface area contributed by atoms with Crippen LogP contribution < -0.4 is 5.32 Å². The Morgan fingerprint density at radius 3 is 2.42 bits per heavy atom. The maximum atomic E-state index is 14.8. The average Bonchev–Trinajstić information content (AvgIpc) is 3.48. The molecule has 7 nitrogen and oxygen atoms in total. The minimum absolute atomic E-state index is 0.0881. The van der Waals surface area contributed by atoms with Gasteiger partial charge in [0.05, 0.1) is 24.8 Å². The molecule has 3 aromatic carbocycles. The summed E-state index contributed by atoms with van der Waals surface area (Å²) in [6.45, 7) is -0.471. The molecule has 11 heteroatoms. The molecule has 0 amide bonds. The molecule has 2 N–H and O–H groups in total. The number of fused-ring (bicyclic) bond motifs is 1. The molecular formula is C25H20F4N6O. The summed E-state index contributed by atoms with van der Waals surface area (Å²) in [5, 5.41) is 23.7. The number of nitrogens with zero attached hydrogens (tertiary/aromatic N) is 5. The molecule has 184 valence electrons. The lowest BCUT2D eigenvalue weighted by Gasteiger charge is -2.29. The van der Waals surface area contributed by atoms with Gasteiger partial charge in [-0.1, -0.05) is 12.1 Å². The van der Waals surface area contributed by atoms with Gasteiger partial charge in [-0.05, 0) is 36.4 Å². The number of anilines is 1. The first kappa shape index (κ1) is 23.5.